The Morgan fingerprint density at radius 1 is 1.20 bits per heavy atom. The second kappa shape index (κ2) is 8.41. The third kappa shape index (κ3) is 4.89. The molecule has 1 N–H and O–H groups in total. The molecular weight excluding hydrogens is 340 g/mol. The number of hydrogen-bond donors (Lipinski definition) is 1. The minimum absolute atomic E-state index is 0.156. The van der Waals surface area contributed by atoms with Crippen LogP contribution >= 0.6 is 11.6 Å². The predicted octanol–water partition coefficient (Wildman–Crippen LogP) is 3.47. The Kier molecular flexibility index (Phi) is 5.77. The summed E-state index contributed by atoms with van der Waals surface area (Å²) < 4.78 is 7.11. The van der Waals surface area contributed by atoms with Crippen LogP contribution in [0.25, 0.3) is 5.69 Å². The molecule has 2 aromatic carbocycles. The standard InChI is InChI=1S/C18H17ClN4O2/c19-15-6-7-17(23-13-20-12-21-23)16(10-15)22-18(24)8-9-25-11-14-4-2-1-3-5-14/h1-7,10,12-13H,8-9,11H2,(H,22,24). The first-order valence-electron chi connectivity index (χ1n) is 7.78. The van der Waals surface area contributed by atoms with E-state index < -0.39 is 0 Å². The van der Waals surface area contributed by atoms with Crippen LogP contribution in [-0.4, -0.2) is 27.3 Å². The molecule has 3 aromatic rings. The van der Waals surface area contributed by atoms with Gasteiger partial charge in [-0.1, -0.05) is 41.9 Å². The van der Waals surface area contributed by atoms with Crippen molar-refractivity contribution in [3.63, 3.8) is 0 Å². The molecule has 0 unspecified atom stereocenters. The average Bonchev–Trinajstić information content (AvgIpc) is 3.14. The molecule has 0 spiro atoms. The van der Waals surface area contributed by atoms with Crippen molar-refractivity contribution >= 4 is 23.2 Å². The van der Waals surface area contributed by atoms with Gasteiger partial charge in [-0.3, -0.25) is 4.79 Å². The third-order valence-electron chi connectivity index (χ3n) is 3.48. The molecule has 0 atom stereocenters. The molecule has 0 fully saturated rings. The summed E-state index contributed by atoms with van der Waals surface area (Å²) in [4.78, 5) is 16.1. The summed E-state index contributed by atoms with van der Waals surface area (Å²) in [6, 6.07) is 15.0. The highest BCUT2D eigenvalue weighted by Gasteiger charge is 2.10. The summed E-state index contributed by atoms with van der Waals surface area (Å²) >= 11 is 6.04. The summed E-state index contributed by atoms with van der Waals surface area (Å²) in [5, 5.41) is 7.45. The minimum atomic E-state index is -0.156. The highest BCUT2D eigenvalue weighted by molar-refractivity contribution is 6.31. The second-order valence-electron chi connectivity index (χ2n) is 5.34. The van der Waals surface area contributed by atoms with Gasteiger partial charge in [-0.2, -0.15) is 5.10 Å². The van der Waals surface area contributed by atoms with Crippen LogP contribution in [0.2, 0.25) is 5.02 Å². The van der Waals surface area contributed by atoms with Crippen LogP contribution in [0.5, 0.6) is 0 Å². The molecule has 0 radical (unpaired) electrons. The van der Waals surface area contributed by atoms with Gasteiger partial charge in [0.25, 0.3) is 0 Å². The van der Waals surface area contributed by atoms with Gasteiger partial charge in [0.05, 0.1) is 31.0 Å². The first kappa shape index (κ1) is 17.1. The molecule has 0 aliphatic rings. The van der Waals surface area contributed by atoms with E-state index in [4.69, 9.17) is 16.3 Å². The first-order chi connectivity index (χ1) is 12.2. The highest BCUT2D eigenvalue weighted by atomic mass is 35.5. The number of carbonyl (C=O) groups excluding carboxylic acids is 1. The fourth-order valence-electron chi connectivity index (χ4n) is 2.28. The maximum atomic E-state index is 12.2. The number of benzene rings is 2. The number of aromatic nitrogens is 3. The average molecular weight is 357 g/mol. The van der Waals surface area contributed by atoms with Crippen LogP contribution in [0.4, 0.5) is 5.69 Å². The van der Waals surface area contributed by atoms with Crippen LogP contribution in [0, 0.1) is 0 Å². The normalized spacial score (nSPS) is 10.6. The van der Waals surface area contributed by atoms with Gasteiger partial charge in [-0.25, -0.2) is 9.67 Å². The van der Waals surface area contributed by atoms with Crippen molar-refractivity contribution in [2.24, 2.45) is 0 Å². The lowest BCUT2D eigenvalue weighted by Gasteiger charge is -2.11. The van der Waals surface area contributed by atoms with Crippen LogP contribution < -0.4 is 5.32 Å². The Labute approximate surface area is 150 Å². The number of rotatable bonds is 7. The van der Waals surface area contributed by atoms with Gasteiger partial charge < -0.3 is 10.1 Å². The molecule has 1 heterocycles. The number of halogens is 1. The Balaban J connectivity index is 1.55. The number of anilines is 1. The lowest BCUT2D eigenvalue weighted by atomic mass is 10.2. The Morgan fingerprint density at radius 2 is 2.04 bits per heavy atom. The molecule has 6 nitrogen and oxygen atoms in total. The van der Waals surface area contributed by atoms with E-state index in [2.05, 4.69) is 15.4 Å². The van der Waals surface area contributed by atoms with E-state index in [1.165, 1.54) is 6.33 Å². The molecule has 0 saturated carbocycles. The van der Waals surface area contributed by atoms with Gasteiger partial charge in [0.1, 0.15) is 12.7 Å². The van der Waals surface area contributed by atoms with Crippen molar-refractivity contribution < 1.29 is 9.53 Å². The maximum Gasteiger partial charge on any atom is 0.226 e. The molecule has 1 aromatic heterocycles. The fourth-order valence-corrected chi connectivity index (χ4v) is 2.45. The van der Waals surface area contributed by atoms with E-state index in [1.807, 2.05) is 30.3 Å². The molecule has 0 saturated heterocycles. The molecule has 0 aliphatic carbocycles. The lowest BCUT2D eigenvalue weighted by molar-refractivity contribution is -0.117. The SMILES string of the molecule is O=C(CCOCc1ccccc1)Nc1cc(Cl)ccc1-n1cncn1. The molecular formula is C18H17ClN4O2. The van der Waals surface area contributed by atoms with E-state index in [0.717, 1.165) is 5.56 Å². The Hall–Kier alpha value is -2.70. The summed E-state index contributed by atoms with van der Waals surface area (Å²) in [5.74, 6) is -0.156. The van der Waals surface area contributed by atoms with Crippen molar-refractivity contribution in [2.45, 2.75) is 13.0 Å². The first-order valence-corrected chi connectivity index (χ1v) is 8.16. The third-order valence-corrected chi connectivity index (χ3v) is 3.72. The summed E-state index contributed by atoms with van der Waals surface area (Å²) in [6.45, 7) is 0.815. The predicted molar refractivity (Wildman–Crippen MR) is 95.7 cm³/mol. The van der Waals surface area contributed by atoms with E-state index >= 15 is 0 Å². The Morgan fingerprint density at radius 3 is 2.80 bits per heavy atom. The Bertz CT molecular complexity index is 822. The molecule has 128 valence electrons. The smallest absolute Gasteiger partial charge is 0.226 e. The molecule has 0 aliphatic heterocycles. The molecule has 1 amide bonds. The minimum Gasteiger partial charge on any atom is -0.376 e. The van der Waals surface area contributed by atoms with Crippen LogP contribution in [0.15, 0.2) is 61.2 Å². The second-order valence-corrected chi connectivity index (χ2v) is 5.77. The van der Waals surface area contributed by atoms with Crippen molar-refractivity contribution in [1.82, 2.24) is 14.8 Å². The zero-order valence-corrected chi connectivity index (χ0v) is 14.2. The van der Waals surface area contributed by atoms with Crippen molar-refractivity contribution in [3.05, 3.63) is 71.8 Å². The highest BCUT2D eigenvalue weighted by Crippen LogP contribution is 2.24. The van der Waals surface area contributed by atoms with Crippen molar-refractivity contribution in [3.8, 4) is 5.69 Å². The van der Waals surface area contributed by atoms with Crippen molar-refractivity contribution in [2.75, 3.05) is 11.9 Å². The van der Waals surface area contributed by atoms with Crippen molar-refractivity contribution in [1.29, 1.82) is 0 Å². The van der Waals surface area contributed by atoms with Gasteiger partial charge in [-0.05, 0) is 23.8 Å². The van der Waals surface area contributed by atoms with Gasteiger partial charge in [-0.15, -0.1) is 0 Å². The van der Waals surface area contributed by atoms with Crippen LogP contribution in [-0.2, 0) is 16.1 Å². The van der Waals surface area contributed by atoms with E-state index in [0.29, 0.717) is 29.6 Å². The maximum absolute atomic E-state index is 12.2. The number of carbonyl (C=O) groups is 1. The van der Waals surface area contributed by atoms with E-state index in [9.17, 15) is 4.79 Å². The number of nitrogens with one attached hydrogen (secondary N) is 1. The molecule has 3 rings (SSSR count). The zero-order chi connectivity index (χ0) is 17.5. The van der Waals surface area contributed by atoms with Gasteiger partial charge in [0, 0.05) is 5.02 Å². The largest absolute Gasteiger partial charge is 0.376 e. The molecule has 0 bridgehead atoms. The van der Waals surface area contributed by atoms with Gasteiger partial charge in [0.15, 0.2) is 0 Å². The van der Waals surface area contributed by atoms with Crippen LogP contribution in [0.1, 0.15) is 12.0 Å². The van der Waals surface area contributed by atoms with E-state index in [-0.39, 0.29) is 12.3 Å². The summed E-state index contributed by atoms with van der Waals surface area (Å²) in [6.07, 6.45) is 3.23. The monoisotopic (exact) mass is 356 g/mol. The summed E-state index contributed by atoms with van der Waals surface area (Å²) in [7, 11) is 0. The fraction of sp³-hybridized carbons (Fsp3) is 0.167. The van der Waals surface area contributed by atoms with Gasteiger partial charge in [0.2, 0.25) is 5.91 Å². The molecule has 7 heteroatoms. The zero-order valence-electron chi connectivity index (χ0n) is 13.4. The quantitative estimate of drug-likeness (QED) is 0.658. The van der Waals surface area contributed by atoms with E-state index in [1.54, 1.807) is 29.2 Å². The van der Waals surface area contributed by atoms with Gasteiger partial charge >= 0.3 is 0 Å². The van der Waals surface area contributed by atoms with Crippen LogP contribution in [0.3, 0.4) is 0 Å². The summed E-state index contributed by atoms with van der Waals surface area (Å²) in [5.41, 5.74) is 2.35. The topological polar surface area (TPSA) is 69.0 Å². The number of amides is 1. The number of nitrogens with zero attached hydrogens (tertiary/aromatic N) is 3. The molecule has 25 heavy (non-hydrogen) atoms. The number of ether oxygens (including phenoxy) is 1. The lowest BCUT2D eigenvalue weighted by Crippen LogP contribution is -2.16. The number of hydrogen-bond acceptors (Lipinski definition) is 4.